The van der Waals surface area contributed by atoms with Crippen molar-refractivity contribution in [1.29, 1.82) is 5.26 Å². The van der Waals surface area contributed by atoms with E-state index in [-0.39, 0.29) is 11.9 Å². The summed E-state index contributed by atoms with van der Waals surface area (Å²) >= 11 is 0. The number of nitriles is 1. The van der Waals surface area contributed by atoms with Gasteiger partial charge in [-0.25, -0.2) is 9.07 Å². The molecule has 126 valence electrons. The third-order valence-electron chi connectivity index (χ3n) is 4.25. The smallest absolute Gasteiger partial charge is 0.123 e. The Labute approximate surface area is 146 Å². The van der Waals surface area contributed by atoms with Crippen LogP contribution < -0.4 is 5.32 Å². The number of nitrogens with zero attached hydrogens (tertiary/aromatic N) is 3. The molecule has 0 saturated heterocycles. The fourth-order valence-electron chi connectivity index (χ4n) is 2.82. The van der Waals surface area contributed by atoms with E-state index in [0.717, 1.165) is 22.5 Å². The molecular formula is C20H19FN4. The number of nitrogens with one attached hydrogen (secondary N) is 1. The molecule has 0 spiro atoms. The number of benzene rings is 2. The third-order valence-corrected chi connectivity index (χ3v) is 4.25. The van der Waals surface area contributed by atoms with Crippen molar-refractivity contribution in [3.63, 3.8) is 0 Å². The molecule has 3 rings (SSSR count). The normalized spacial score (nSPS) is 11.9. The summed E-state index contributed by atoms with van der Waals surface area (Å²) in [5, 5.41) is 16.9. The fourth-order valence-corrected chi connectivity index (χ4v) is 2.82. The minimum atomic E-state index is -0.261. The second-order valence-corrected chi connectivity index (χ2v) is 5.99. The molecule has 1 atom stereocenters. The van der Waals surface area contributed by atoms with E-state index < -0.39 is 0 Å². The van der Waals surface area contributed by atoms with Gasteiger partial charge in [-0.3, -0.25) is 0 Å². The Hall–Kier alpha value is -2.97. The highest BCUT2D eigenvalue weighted by Gasteiger charge is 2.14. The Bertz CT molecular complexity index is 906. The summed E-state index contributed by atoms with van der Waals surface area (Å²) in [6, 6.07) is 16.1. The summed E-state index contributed by atoms with van der Waals surface area (Å²) in [6.07, 6.45) is 1.84. The third kappa shape index (κ3) is 3.76. The van der Waals surface area contributed by atoms with Gasteiger partial charge in [0.2, 0.25) is 0 Å². The van der Waals surface area contributed by atoms with Crippen molar-refractivity contribution in [3.8, 4) is 11.8 Å². The predicted molar refractivity (Wildman–Crippen MR) is 94.7 cm³/mol. The average Bonchev–Trinajstić information content (AvgIpc) is 3.02. The lowest BCUT2D eigenvalue weighted by molar-refractivity contribution is 0.571. The van der Waals surface area contributed by atoms with E-state index in [4.69, 9.17) is 5.26 Å². The van der Waals surface area contributed by atoms with Crippen molar-refractivity contribution >= 4 is 0 Å². The van der Waals surface area contributed by atoms with Crippen LogP contribution in [0.4, 0.5) is 4.39 Å². The topological polar surface area (TPSA) is 53.6 Å². The van der Waals surface area contributed by atoms with Crippen LogP contribution in [0.5, 0.6) is 0 Å². The van der Waals surface area contributed by atoms with Crippen LogP contribution in [0.15, 0.2) is 54.7 Å². The maximum absolute atomic E-state index is 13.1. The maximum atomic E-state index is 13.1. The van der Waals surface area contributed by atoms with Crippen LogP contribution in [0, 0.1) is 24.1 Å². The minimum Gasteiger partial charge on any atom is -0.306 e. The molecule has 1 N–H and O–H groups in total. The zero-order valence-electron chi connectivity index (χ0n) is 14.2. The lowest BCUT2D eigenvalue weighted by atomic mass is 10.1. The van der Waals surface area contributed by atoms with E-state index in [1.54, 1.807) is 18.2 Å². The molecule has 0 fully saturated rings. The maximum Gasteiger partial charge on any atom is 0.123 e. The second kappa shape index (κ2) is 7.29. The predicted octanol–water partition coefficient (Wildman–Crippen LogP) is 4.04. The standard InChI is InChI=1S/C20H19FN4/c1-14(23-12-17-5-3-4-16(10-17)11-22)20-13-24-25(15(20)2)19-8-6-18(21)7-9-19/h3-10,13-14,23H,12H2,1-2H3/t14-/m1/s1. The van der Waals surface area contributed by atoms with Crippen molar-refractivity contribution in [3.05, 3.63) is 82.9 Å². The Morgan fingerprint density at radius 2 is 2.00 bits per heavy atom. The van der Waals surface area contributed by atoms with E-state index in [9.17, 15) is 4.39 Å². The summed E-state index contributed by atoms with van der Waals surface area (Å²) in [4.78, 5) is 0. The van der Waals surface area contributed by atoms with Crippen molar-refractivity contribution in [2.75, 3.05) is 0 Å². The first-order valence-electron chi connectivity index (χ1n) is 8.11. The van der Waals surface area contributed by atoms with E-state index >= 15 is 0 Å². The van der Waals surface area contributed by atoms with Crippen LogP contribution in [-0.2, 0) is 6.54 Å². The van der Waals surface area contributed by atoms with Crippen LogP contribution in [0.3, 0.4) is 0 Å². The molecular weight excluding hydrogens is 315 g/mol. The Balaban J connectivity index is 1.73. The summed E-state index contributed by atoms with van der Waals surface area (Å²) in [7, 11) is 0. The first kappa shape index (κ1) is 16.9. The van der Waals surface area contributed by atoms with Crippen LogP contribution in [0.25, 0.3) is 5.69 Å². The monoisotopic (exact) mass is 334 g/mol. The van der Waals surface area contributed by atoms with Crippen LogP contribution in [0.2, 0.25) is 0 Å². The zero-order chi connectivity index (χ0) is 17.8. The molecule has 0 aliphatic heterocycles. The zero-order valence-corrected chi connectivity index (χ0v) is 14.2. The minimum absolute atomic E-state index is 0.0972. The SMILES string of the molecule is Cc1c([C@@H](C)NCc2cccc(C#N)c2)cnn1-c1ccc(F)cc1. The first-order valence-corrected chi connectivity index (χ1v) is 8.11. The highest BCUT2D eigenvalue weighted by molar-refractivity contribution is 5.36. The molecule has 0 radical (unpaired) electrons. The van der Waals surface area contributed by atoms with Gasteiger partial charge in [0.1, 0.15) is 5.82 Å². The molecule has 0 saturated carbocycles. The van der Waals surface area contributed by atoms with Crippen molar-refractivity contribution < 1.29 is 4.39 Å². The number of hydrogen-bond acceptors (Lipinski definition) is 3. The Morgan fingerprint density at radius 3 is 2.72 bits per heavy atom. The van der Waals surface area contributed by atoms with Gasteiger partial charge >= 0.3 is 0 Å². The quantitative estimate of drug-likeness (QED) is 0.766. The van der Waals surface area contributed by atoms with Gasteiger partial charge in [-0.2, -0.15) is 10.4 Å². The van der Waals surface area contributed by atoms with E-state index in [1.807, 2.05) is 36.0 Å². The van der Waals surface area contributed by atoms with Gasteiger partial charge in [0, 0.05) is 23.8 Å². The van der Waals surface area contributed by atoms with E-state index in [2.05, 4.69) is 23.4 Å². The number of halogens is 1. The van der Waals surface area contributed by atoms with Crippen LogP contribution >= 0.6 is 0 Å². The van der Waals surface area contributed by atoms with E-state index in [0.29, 0.717) is 12.1 Å². The van der Waals surface area contributed by atoms with Crippen LogP contribution in [-0.4, -0.2) is 9.78 Å². The molecule has 0 amide bonds. The molecule has 1 heterocycles. The highest BCUT2D eigenvalue weighted by Crippen LogP contribution is 2.21. The fraction of sp³-hybridized carbons (Fsp3) is 0.200. The second-order valence-electron chi connectivity index (χ2n) is 5.99. The van der Waals surface area contributed by atoms with Crippen molar-refractivity contribution in [2.45, 2.75) is 26.4 Å². The molecule has 1 aromatic heterocycles. The van der Waals surface area contributed by atoms with Gasteiger partial charge in [0.05, 0.1) is 23.5 Å². The van der Waals surface area contributed by atoms with Gasteiger partial charge in [-0.15, -0.1) is 0 Å². The molecule has 3 aromatic rings. The molecule has 25 heavy (non-hydrogen) atoms. The van der Waals surface area contributed by atoms with Crippen molar-refractivity contribution in [1.82, 2.24) is 15.1 Å². The molecule has 0 aliphatic carbocycles. The van der Waals surface area contributed by atoms with E-state index in [1.165, 1.54) is 12.1 Å². The number of rotatable bonds is 5. The molecule has 0 bridgehead atoms. The molecule has 5 heteroatoms. The Kier molecular flexibility index (Phi) is 4.92. The number of hydrogen-bond donors (Lipinski definition) is 1. The summed E-state index contributed by atoms with van der Waals surface area (Å²) in [6.45, 7) is 4.74. The lowest BCUT2D eigenvalue weighted by Crippen LogP contribution is -2.18. The van der Waals surface area contributed by atoms with Gasteiger partial charge in [-0.1, -0.05) is 12.1 Å². The molecule has 0 aliphatic rings. The van der Waals surface area contributed by atoms with Crippen LogP contribution in [0.1, 0.15) is 35.3 Å². The number of aromatic nitrogens is 2. The average molecular weight is 334 g/mol. The first-order chi connectivity index (χ1) is 12.1. The summed E-state index contributed by atoms with van der Waals surface area (Å²) in [5.74, 6) is -0.261. The lowest BCUT2D eigenvalue weighted by Gasteiger charge is -2.14. The van der Waals surface area contributed by atoms with Gasteiger partial charge in [0.25, 0.3) is 0 Å². The van der Waals surface area contributed by atoms with Gasteiger partial charge < -0.3 is 5.32 Å². The largest absolute Gasteiger partial charge is 0.306 e. The Morgan fingerprint density at radius 1 is 1.24 bits per heavy atom. The summed E-state index contributed by atoms with van der Waals surface area (Å²) in [5.41, 5.74) is 4.65. The van der Waals surface area contributed by atoms with Gasteiger partial charge in [0.15, 0.2) is 0 Å². The van der Waals surface area contributed by atoms with Crippen molar-refractivity contribution in [2.24, 2.45) is 0 Å². The molecule has 4 nitrogen and oxygen atoms in total. The highest BCUT2D eigenvalue weighted by atomic mass is 19.1. The molecule has 0 unspecified atom stereocenters. The van der Waals surface area contributed by atoms with Gasteiger partial charge in [-0.05, 0) is 55.8 Å². The molecule has 2 aromatic carbocycles. The summed E-state index contributed by atoms with van der Waals surface area (Å²) < 4.78 is 14.9.